The fourth-order valence-corrected chi connectivity index (χ4v) is 3.74. The number of fused-ring (bicyclic) bond motifs is 1. The monoisotopic (exact) mass is 369 g/mol. The fraction of sp³-hybridized carbons (Fsp3) is 0.444. The zero-order chi connectivity index (χ0) is 19.0. The minimum atomic E-state index is -0.389. The Balaban J connectivity index is 1.56. The van der Waals surface area contributed by atoms with Crippen LogP contribution in [0, 0.1) is 13.8 Å². The van der Waals surface area contributed by atoms with E-state index in [9.17, 15) is 4.79 Å². The smallest absolute Gasteiger partial charge is 0.358 e. The molecule has 4 heterocycles. The highest BCUT2D eigenvalue weighted by Gasteiger charge is 2.21. The van der Waals surface area contributed by atoms with Gasteiger partial charge in [-0.2, -0.15) is 5.10 Å². The molecule has 142 valence electrons. The molecule has 0 unspecified atom stereocenters. The van der Waals surface area contributed by atoms with E-state index in [1.807, 2.05) is 15.4 Å². The average Bonchev–Trinajstić information content (AvgIpc) is 3.33. The predicted octanol–water partition coefficient (Wildman–Crippen LogP) is 1.40. The zero-order valence-electron chi connectivity index (χ0n) is 15.8. The molecule has 9 nitrogen and oxygen atoms in total. The van der Waals surface area contributed by atoms with E-state index in [1.54, 1.807) is 12.7 Å². The van der Waals surface area contributed by atoms with Gasteiger partial charge in [-0.05, 0) is 38.0 Å². The van der Waals surface area contributed by atoms with Crippen molar-refractivity contribution in [2.45, 2.75) is 39.9 Å². The van der Waals surface area contributed by atoms with E-state index in [4.69, 9.17) is 4.74 Å². The maximum Gasteiger partial charge on any atom is 0.358 e. The van der Waals surface area contributed by atoms with Crippen LogP contribution >= 0.6 is 0 Å². The van der Waals surface area contributed by atoms with Gasteiger partial charge in [0.05, 0.1) is 12.8 Å². The second-order valence-corrected chi connectivity index (χ2v) is 6.85. The number of methoxy groups -OCH3 is 1. The molecule has 0 spiro atoms. The van der Waals surface area contributed by atoms with E-state index in [0.717, 1.165) is 44.0 Å². The molecule has 0 radical (unpaired) electrons. The maximum absolute atomic E-state index is 11.8. The average molecular weight is 369 g/mol. The molecule has 0 amide bonds. The SMILES string of the molecule is COC(=O)c1cc2n(n1)CCCN(Cc1cc(C)n(-n3cnnc3)c1C)C2. The quantitative estimate of drug-likeness (QED) is 0.647. The van der Waals surface area contributed by atoms with Gasteiger partial charge in [-0.1, -0.05) is 0 Å². The summed E-state index contributed by atoms with van der Waals surface area (Å²) in [6, 6.07) is 4.04. The lowest BCUT2D eigenvalue weighted by molar-refractivity contribution is 0.0593. The van der Waals surface area contributed by atoms with Crippen molar-refractivity contribution in [3.8, 4) is 0 Å². The first-order valence-electron chi connectivity index (χ1n) is 8.97. The third-order valence-corrected chi connectivity index (χ3v) is 5.02. The summed E-state index contributed by atoms with van der Waals surface area (Å²) in [5, 5.41) is 12.2. The summed E-state index contributed by atoms with van der Waals surface area (Å²) in [7, 11) is 1.38. The van der Waals surface area contributed by atoms with E-state index in [-0.39, 0.29) is 5.97 Å². The minimum absolute atomic E-state index is 0.375. The van der Waals surface area contributed by atoms with Crippen LogP contribution in [0.3, 0.4) is 0 Å². The number of ether oxygens (including phenoxy) is 1. The molecular formula is C18H23N7O2. The molecular weight excluding hydrogens is 346 g/mol. The second-order valence-electron chi connectivity index (χ2n) is 6.85. The van der Waals surface area contributed by atoms with Crippen LogP contribution in [0.25, 0.3) is 0 Å². The summed E-state index contributed by atoms with van der Waals surface area (Å²) in [4.78, 5) is 14.1. The number of hydrogen-bond acceptors (Lipinski definition) is 6. The van der Waals surface area contributed by atoms with Crippen LogP contribution in [0.4, 0.5) is 0 Å². The van der Waals surface area contributed by atoms with Gasteiger partial charge in [0.25, 0.3) is 0 Å². The Labute approximate surface area is 157 Å². The molecule has 1 aliphatic heterocycles. The van der Waals surface area contributed by atoms with Crippen molar-refractivity contribution >= 4 is 5.97 Å². The molecule has 0 aliphatic carbocycles. The van der Waals surface area contributed by atoms with Crippen molar-refractivity contribution in [1.29, 1.82) is 0 Å². The molecule has 3 aromatic heterocycles. The number of esters is 1. The topological polar surface area (TPSA) is 83.0 Å². The van der Waals surface area contributed by atoms with Gasteiger partial charge in [0.15, 0.2) is 5.69 Å². The van der Waals surface area contributed by atoms with Crippen molar-refractivity contribution in [2.24, 2.45) is 0 Å². The number of carbonyl (C=O) groups excluding carboxylic acids is 1. The van der Waals surface area contributed by atoms with Crippen molar-refractivity contribution in [3.05, 3.63) is 53.1 Å². The number of rotatable bonds is 4. The molecule has 0 N–H and O–H groups in total. The summed E-state index contributed by atoms with van der Waals surface area (Å²) in [6.45, 7) is 7.56. The third kappa shape index (κ3) is 3.25. The lowest BCUT2D eigenvalue weighted by atomic mass is 10.2. The standard InChI is InChI=1S/C18H23N7O2/c1-13-7-15(14(2)25(13)23-11-19-20-12-23)9-22-5-4-6-24-16(10-22)8-17(21-24)18(26)27-3/h7-8,11-12H,4-6,9-10H2,1-3H3. The van der Waals surface area contributed by atoms with E-state index in [2.05, 4.69) is 44.8 Å². The summed E-state index contributed by atoms with van der Waals surface area (Å²) < 4.78 is 10.7. The lowest BCUT2D eigenvalue weighted by Crippen LogP contribution is -2.23. The Hall–Kier alpha value is -2.94. The number of aryl methyl sites for hydroxylation is 2. The van der Waals surface area contributed by atoms with Crippen molar-refractivity contribution < 1.29 is 9.53 Å². The van der Waals surface area contributed by atoms with Gasteiger partial charge in [0.2, 0.25) is 0 Å². The van der Waals surface area contributed by atoms with Crippen LogP contribution in [0.5, 0.6) is 0 Å². The lowest BCUT2D eigenvalue weighted by Gasteiger charge is -2.19. The molecule has 27 heavy (non-hydrogen) atoms. The maximum atomic E-state index is 11.8. The number of nitrogens with zero attached hydrogens (tertiary/aromatic N) is 7. The number of carbonyl (C=O) groups is 1. The number of aromatic nitrogens is 6. The van der Waals surface area contributed by atoms with Crippen molar-refractivity contribution in [1.82, 2.24) is 34.2 Å². The first-order valence-corrected chi connectivity index (χ1v) is 8.97. The highest BCUT2D eigenvalue weighted by molar-refractivity contribution is 5.87. The largest absolute Gasteiger partial charge is 0.464 e. The molecule has 0 atom stereocenters. The Morgan fingerprint density at radius 3 is 2.70 bits per heavy atom. The van der Waals surface area contributed by atoms with Crippen LogP contribution in [0.2, 0.25) is 0 Å². The van der Waals surface area contributed by atoms with E-state index in [0.29, 0.717) is 5.69 Å². The Morgan fingerprint density at radius 1 is 1.19 bits per heavy atom. The molecule has 0 saturated carbocycles. The molecule has 3 aromatic rings. The molecule has 4 rings (SSSR count). The first-order chi connectivity index (χ1) is 13.1. The van der Waals surface area contributed by atoms with Gasteiger partial charge < -0.3 is 4.74 Å². The molecule has 9 heteroatoms. The zero-order valence-corrected chi connectivity index (χ0v) is 15.8. The molecule has 1 aliphatic rings. The highest BCUT2D eigenvalue weighted by Crippen LogP contribution is 2.21. The first kappa shape index (κ1) is 17.5. The van der Waals surface area contributed by atoms with Gasteiger partial charge in [0.1, 0.15) is 12.7 Å². The molecule has 0 bridgehead atoms. The van der Waals surface area contributed by atoms with Crippen molar-refractivity contribution in [2.75, 3.05) is 13.7 Å². The Bertz CT molecular complexity index is 955. The van der Waals surface area contributed by atoms with Gasteiger partial charge in [-0.3, -0.25) is 14.3 Å². The third-order valence-electron chi connectivity index (χ3n) is 5.02. The van der Waals surface area contributed by atoms with Crippen molar-refractivity contribution in [3.63, 3.8) is 0 Å². The highest BCUT2D eigenvalue weighted by atomic mass is 16.5. The van der Waals surface area contributed by atoms with E-state index >= 15 is 0 Å². The van der Waals surface area contributed by atoms with Crippen LogP contribution in [0.1, 0.15) is 39.6 Å². The molecule has 0 saturated heterocycles. The van der Waals surface area contributed by atoms with Crippen LogP contribution in [-0.2, 0) is 24.4 Å². The second kappa shape index (κ2) is 6.99. The molecule has 0 aromatic carbocycles. The van der Waals surface area contributed by atoms with Gasteiger partial charge >= 0.3 is 5.97 Å². The summed E-state index contributed by atoms with van der Waals surface area (Å²) in [6.07, 6.45) is 4.38. The minimum Gasteiger partial charge on any atom is -0.464 e. The van der Waals surface area contributed by atoms with Crippen LogP contribution in [0.15, 0.2) is 24.8 Å². The van der Waals surface area contributed by atoms with Gasteiger partial charge in [-0.15, -0.1) is 10.2 Å². The Kier molecular flexibility index (Phi) is 4.53. The summed E-state index contributed by atoms with van der Waals surface area (Å²) >= 11 is 0. The van der Waals surface area contributed by atoms with Crippen LogP contribution in [-0.4, -0.2) is 53.9 Å². The predicted molar refractivity (Wildman–Crippen MR) is 97.0 cm³/mol. The normalized spacial score (nSPS) is 14.8. The summed E-state index contributed by atoms with van der Waals surface area (Å²) in [5.74, 6) is -0.389. The van der Waals surface area contributed by atoms with Crippen LogP contribution < -0.4 is 0 Å². The van der Waals surface area contributed by atoms with Gasteiger partial charge in [0, 0.05) is 37.6 Å². The van der Waals surface area contributed by atoms with E-state index < -0.39 is 0 Å². The number of hydrogen-bond donors (Lipinski definition) is 0. The Morgan fingerprint density at radius 2 is 1.96 bits per heavy atom. The van der Waals surface area contributed by atoms with Gasteiger partial charge in [-0.25, -0.2) is 9.47 Å². The summed E-state index contributed by atoms with van der Waals surface area (Å²) in [5.41, 5.74) is 4.98. The molecule has 0 fully saturated rings. The fourth-order valence-electron chi connectivity index (χ4n) is 3.74. The van der Waals surface area contributed by atoms with E-state index in [1.165, 1.54) is 18.4 Å².